The van der Waals surface area contributed by atoms with Crippen molar-refractivity contribution in [2.45, 2.75) is 18.9 Å². The van der Waals surface area contributed by atoms with Crippen LogP contribution in [0.5, 0.6) is 0 Å². The van der Waals surface area contributed by atoms with E-state index in [1.54, 1.807) is 0 Å². The molecule has 1 unspecified atom stereocenters. The van der Waals surface area contributed by atoms with Gasteiger partial charge in [-0.3, -0.25) is 10.1 Å². The summed E-state index contributed by atoms with van der Waals surface area (Å²) in [5, 5.41) is 13.8. The summed E-state index contributed by atoms with van der Waals surface area (Å²) in [6.07, 6.45) is 3.68. The quantitative estimate of drug-likeness (QED) is 0.682. The molecule has 0 radical (unpaired) electrons. The Labute approximate surface area is 107 Å². The number of ether oxygens (including phenoxy) is 1. The average molecular weight is 302 g/mol. The third kappa shape index (κ3) is 3.13. The Bertz CT molecular complexity index is 421. The molecule has 1 atom stereocenters. The first-order valence-electron chi connectivity index (χ1n) is 5.32. The van der Waals surface area contributed by atoms with Gasteiger partial charge in [-0.15, -0.1) is 0 Å². The van der Waals surface area contributed by atoms with Crippen LogP contribution in [0.4, 0.5) is 11.5 Å². The number of hydrogen-bond acceptors (Lipinski definition) is 5. The van der Waals surface area contributed by atoms with Crippen LogP contribution in [0.3, 0.4) is 0 Å². The lowest BCUT2D eigenvalue weighted by Crippen LogP contribution is -2.19. The number of nitro groups is 1. The number of aromatic nitrogens is 1. The number of halogens is 1. The fourth-order valence-electron chi connectivity index (χ4n) is 1.72. The van der Waals surface area contributed by atoms with Crippen LogP contribution in [-0.4, -0.2) is 29.2 Å². The van der Waals surface area contributed by atoms with E-state index in [1.807, 2.05) is 0 Å². The smallest absolute Gasteiger partial charge is 0.312 e. The second-order valence-corrected chi connectivity index (χ2v) is 4.71. The van der Waals surface area contributed by atoms with E-state index in [0.717, 1.165) is 19.4 Å². The van der Waals surface area contributed by atoms with Crippen molar-refractivity contribution in [2.75, 3.05) is 18.5 Å². The van der Waals surface area contributed by atoms with Crippen LogP contribution in [0, 0.1) is 10.1 Å². The third-order valence-corrected chi connectivity index (χ3v) is 2.99. The van der Waals surface area contributed by atoms with Gasteiger partial charge in [0.1, 0.15) is 0 Å². The number of pyridine rings is 1. The molecule has 1 fully saturated rings. The first-order chi connectivity index (χ1) is 8.16. The van der Waals surface area contributed by atoms with E-state index in [2.05, 4.69) is 26.2 Å². The summed E-state index contributed by atoms with van der Waals surface area (Å²) in [4.78, 5) is 14.4. The molecule has 0 saturated carbocycles. The van der Waals surface area contributed by atoms with Gasteiger partial charge in [0.2, 0.25) is 5.82 Å². The number of rotatable bonds is 4. The molecule has 1 aliphatic rings. The van der Waals surface area contributed by atoms with Crippen LogP contribution in [0.2, 0.25) is 0 Å². The van der Waals surface area contributed by atoms with E-state index in [4.69, 9.17) is 4.74 Å². The molecule has 6 nitrogen and oxygen atoms in total. The highest BCUT2D eigenvalue weighted by Gasteiger charge is 2.19. The van der Waals surface area contributed by atoms with Gasteiger partial charge in [-0.25, -0.2) is 4.98 Å². The molecule has 0 spiro atoms. The maximum Gasteiger partial charge on any atom is 0.312 e. The molecule has 0 aliphatic carbocycles. The molecule has 1 N–H and O–H groups in total. The molecule has 1 aromatic rings. The SMILES string of the molecule is O=[N+]([O-])c1cc(Br)cnc1NCC1CCCO1. The lowest BCUT2D eigenvalue weighted by atomic mass is 10.2. The highest BCUT2D eigenvalue weighted by molar-refractivity contribution is 9.10. The van der Waals surface area contributed by atoms with E-state index < -0.39 is 4.92 Å². The second-order valence-electron chi connectivity index (χ2n) is 3.79. The molecule has 17 heavy (non-hydrogen) atoms. The minimum atomic E-state index is -0.449. The number of nitrogens with zero attached hydrogens (tertiary/aromatic N) is 2. The molecular weight excluding hydrogens is 290 g/mol. The fraction of sp³-hybridized carbons (Fsp3) is 0.500. The van der Waals surface area contributed by atoms with Crippen molar-refractivity contribution < 1.29 is 9.66 Å². The molecule has 1 aliphatic heterocycles. The van der Waals surface area contributed by atoms with Gasteiger partial charge in [-0.2, -0.15) is 0 Å². The average Bonchev–Trinajstić information content (AvgIpc) is 2.80. The predicted molar refractivity (Wildman–Crippen MR) is 66.1 cm³/mol. The molecular formula is C10H12BrN3O3. The summed E-state index contributed by atoms with van der Waals surface area (Å²) < 4.78 is 6.02. The Kier molecular flexibility index (Phi) is 3.90. The molecule has 2 rings (SSSR count). The number of hydrogen-bond donors (Lipinski definition) is 1. The van der Waals surface area contributed by atoms with Crippen LogP contribution >= 0.6 is 15.9 Å². The first-order valence-corrected chi connectivity index (χ1v) is 6.11. The lowest BCUT2D eigenvalue weighted by Gasteiger charge is -2.11. The Hall–Kier alpha value is -1.21. The minimum absolute atomic E-state index is 0.0302. The van der Waals surface area contributed by atoms with Crippen LogP contribution in [0.25, 0.3) is 0 Å². The van der Waals surface area contributed by atoms with E-state index in [9.17, 15) is 10.1 Å². The molecule has 1 aromatic heterocycles. The van der Waals surface area contributed by atoms with Gasteiger partial charge in [-0.1, -0.05) is 0 Å². The molecule has 0 bridgehead atoms. The van der Waals surface area contributed by atoms with Gasteiger partial charge in [0.15, 0.2) is 0 Å². The van der Waals surface area contributed by atoms with Crippen molar-refractivity contribution in [3.63, 3.8) is 0 Å². The summed E-state index contributed by atoms with van der Waals surface area (Å²) in [6, 6.07) is 1.44. The van der Waals surface area contributed by atoms with Crippen molar-refractivity contribution in [3.05, 3.63) is 26.9 Å². The Balaban J connectivity index is 2.06. The number of nitrogens with one attached hydrogen (secondary N) is 1. The van der Waals surface area contributed by atoms with Crippen LogP contribution < -0.4 is 5.32 Å². The molecule has 2 heterocycles. The molecule has 7 heteroatoms. The monoisotopic (exact) mass is 301 g/mol. The van der Waals surface area contributed by atoms with Gasteiger partial charge in [0, 0.05) is 29.9 Å². The van der Waals surface area contributed by atoms with Gasteiger partial charge in [0.05, 0.1) is 11.0 Å². The van der Waals surface area contributed by atoms with Crippen LogP contribution in [0.1, 0.15) is 12.8 Å². The number of anilines is 1. The topological polar surface area (TPSA) is 77.3 Å². The van der Waals surface area contributed by atoms with Crippen LogP contribution in [0.15, 0.2) is 16.7 Å². The van der Waals surface area contributed by atoms with Gasteiger partial charge in [-0.05, 0) is 28.8 Å². The van der Waals surface area contributed by atoms with Crippen molar-refractivity contribution in [1.29, 1.82) is 0 Å². The maximum absolute atomic E-state index is 10.8. The molecule has 92 valence electrons. The first kappa shape index (κ1) is 12.3. The third-order valence-electron chi connectivity index (χ3n) is 2.55. The summed E-state index contributed by atoms with van der Waals surface area (Å²) in [5.74, 6) is 0.286. The normalized spacial score (nSPS) is 19.2. The zero-order valence-electron chi connectivity index (χ0n) is 9.06. The summed E-state index contributed by atoms with van der Waals surface area (Å²) in [6.45, 7) is 1.32. The van der Waals surface area contributed by atoms with Gasteiger partial charge >= 0.3 is 5.69 Å². The second kappa shape index (κ2) is 5.42. The van der Waals surface area contributed by atoms with E-state index in [-0.39, 0.29) is 17.6 Å². The van der Waals surface area contributed by atoms with Crippen LogP contribution in [-0.2, 0) is 4.74 Å². The fourth-order valence-corrected chi connectivity index (χ4v) is 2.04. The molecule has 0 amide bonds. The standard InChI is InChI=1S/C10H12BrN3O3/c11-7-4-9(14(15)16)10(12-5-7)13-6-8-2-1-3-17-8/h4-5,8H,1-3,6H2,(H,12,13). The van der Waals surface area contributed by atoms with Crippen molar-refractivity contribution in [3.8, 4) is 0 Å². The van der Waals surface area contributed by atoms with E-state index in [1.165, 1.54) is 12.3 Å². The van der Waals surface area contributed by atoms with E-state index in [0.29, 0.717) is 11.0 Å². The van der Waals surface area contributed by atoms with Gasteiger partial charge < -0.3 is 10.1 Å². The Morgan fingerprint density at radius 3 is 3.18 bits per heavy atom. The summed E-state index contributed by atoms with van der Waals surface area (Å²) in [5.41, 5.74) is -0.0302. The van der Waals surface area contributed by atoms with E-state index >= 15 is 0 Å². The molecule has 0 aromatic carbocycles. The minimum Gasteiger partial charge on any atom is -0.376 e. The zero-order valence-corrected chi connectivity index (χ0v) is 10.6. The highest BCUT2D eigenvalue weighted by Crippen LogP contribution is 2.25. The van der Waals surface area contributed by atoms with Crippen molar-refractivity contribution in [2.24, 2.45) is 0 Å². The predicted octanol–water partition coefficient (Wildman–Crippen LogP) is 2.34. The molecule has 1 saturated heterocycles. The highest BCUT2D eigenvalue weighted by atomic mass is 79.9. The Morgan fingerprint density at radius 1 is 1.71 bits per heavy atom. The summed E-state index contributed by atoms with van der Waals surface area (Å²) in [7, 11) is 0. The van der Waals surface area contributed by atoms with Crippen molar-refractivity contribution >= 4 is 27.4 Å². The Morgan fingerprint density at radius 2 is 2.53 bits per heavy atom. The van der Waals surface area contributed by atoms with Crippen molar-refractivity contribution in [1.82, 2.24) is 4.98 Å². The maximum atomic E-state index is 10.8. The van der Waals surface area contributed by atoms with Gasteiger partial charge in [0.25, 0.3) is 0 Å². The lowest BCUT2D eigenvalue weighted by molar-refractivity contribution is -0.384. The summed E-state index contributed by atoms with van der Waals surface area (Å²) >= 11 is 3.16. The largest absolute Gasteiger partial charge is 0.376 e. The zero-order chi connectivity index (χ0) is 12.3.